The molecule has 0 atom stereocenters. The van der Waals surface area contributed by atoms with Gasteiger partial charge in [-0.15, -0.1) is 24.0 Å². The summed E-state index contributed by atoms with van der Waals surface area (Å²) in [5.74, 6) is 1.84. The first kappa shape index (κ1) is 22.9. The molecular weight excluding hydrogens is 502 g/mol. The van der Waals surface area contributed by atoms with Gasteiger partial charge in [-0.1, -0.05) is 0 Å². The average molecular weight is 523 g/mol. The number of aliphatic imine (C=N–C) groups is 1. The van der Waals surface area contributed by atoms with Crippen LogP contribution in [0.15, 0.2) is 47.5 Å². The van der Waals surface area contributed by atoms with E-state index in [9.17, 15) is 13.2 Å². The zero-order chi connectivity index (χ0) is 20.0. The normalized spacial score (nSPS) is 13.8. The molecule has 2 aromatic carbocycles. The van der Waals surface area contributed by atoms with Crippen LogP contribution in [0.4, 0.5) is 18.9 Å². The fourth-order valence-electron chi connectivity index (χ4n) is 2.50. The predicted molar refractivity (Wildman–Crippen MR) is 115 cm³/mol. The SMILES string of the molecule is I.NC(=NCCOc1ccc(C(F)(F)F)cc1)Nc1ccc2c(c1)OCCCO2. The van der Waals surface area contributed by atoms with Crippen molar-refractivity contribution in [1.82, 2.24) is 0 Å². The van der Waals surface area contributed by atoms with Crippen molar-refractivity contribution in [2.75, 3.05) is 31.7 Å². The summed E-state index contributed by atoms with van der Waals surface area (Å²) in [6, 6.07) is 9.86. The maximum atomic E-state index is 12.5. The van der Waals surface area contributed by atoms with Crippen LogP contribution in [0.25, 0.3) is 0 Å². The highest BCUT2D eigenvalue weighted by Crippen LogP contribution is 2.32. The summed E-state index contributed by atoms with van der Waals surface area (Å²) < 4.78 is 54.1. The van der Waals surface area contributed by atoms with Gasteiger partial charge in [-0.25, -0.2) is 4.99 Å². The number of nitrogens with zero attached hydrogens (tertiary/aromatic N) is 1. The first-order chi connectivity index (χ1) is 13.4. The number of guanidine groups is 1. The summed E-state index contributed by atoms with van der Waals surface area (Å²) in [7, 11) is 0. The van der Waals surface area contributed by atoms with Crippen molar-refractivity contribution >= 4 is 35.6 Å². The van der Waals surface area contributed by atoms with E-state index in [1.165, 1.54) is 12.1 Å². The Balaban J connectivity index is 0.00000300. The van der Waals surface area contributed by atoms with Crippen molar-refractivity contribution < 1.29 is 27.4 Å². The Morgan fingerprint density at radius 2 is 1.76 bits per heavy atom. The van der Waals surface area contributed by atoms with E-state index in [1.54, 1.807) is 18.2 Å². The standard InChI is InChI=1S/C19H20F3N3O3.HI/c20-19(21,22)13-2-5-15(6-3-13)26-11-8-24-18(23)25-14-4-7-16-17(12-14)28-10-1-9-27-16;/h2-7,12H,1,8-11H2,(H3,23,24,25);1H. The molecule has 1 aliphatic heterocycles. The van der Waals surface area contributed by atoms with Crippen LogP contribution in [0.5, 0.6) is 17.2 Å². The Morgan fingerprint density at radius 1 is 1.07 bits per heavy atom. The van der Waals surface area contributed by atoms with Gasteiger partial charge in [0.2, 0.25) is 0 Å². The number of anilines is 1. The van der Waals surface area contributed by atoms with Gasteiger partial charge < -0.3 is 25.3 Å². The number of halogens is 4. The lowest BCUT2D eigenvalue weighted by Gasteiger charge is -2.11. The molecule has 10 heteroatoms. The minimum absolute atomic E-state index is 0. The Morgan fingerprint density at radius 3 is 2.45 bits per heavy atom. The molecule has 0 amide bonds. The van der Waals surface area contributed by atoms with Crippen molar-refractivity contribution in [2.45, 2.75) is 12.6 Å². The van der Waals surface area contributed by atoms with Crippen LogP contribution in [0.3, 0.4) is 0 Å². The second-order valence-electron chi connectivity index (χ2n) is 5.97. The van der Waals surface area contributed by atoms with Crippen LogP contribution in [0, 0.1) is 0 Å². The molecule has 0 aromatic heterocycles. The van der Waals surface area contributed by atoms with Crippen LogP contribution < -0.4 is 25.3 Å². The number of nitrogens with two attached hydrogens (primary N) is 1. The van der Waals surface area contributed by atoms with Crippen molar-refractivity contribution in [1.29, 1.82) is 0 Å². The molecule has 0 unspecified atom stereocenters. The van der Waals surface area contributed by atoms with Crippen molar-refractivity contribution in [3.63, 3.8) is 0 Å². The molecule has 0 radical (unpaired) electrons. The van der Waals surface area contributed by atoms with Crippen LogP contribution in [-0.2, 0) is 6.18 Å². The monoisotopic (exact) mass is 523 g/mol. The highest BCUT2D eigenvalue weighted by Gasteiger charge is 2.29. The molecule has 0 aliphatic carbocycles. The van der Waals surface area contributed by atoms with Crippen LogP contribution in [0.2, 0.25) is 0 Å². The fourth-order valence-corrected chi connectivity index (χ4v) is 2.50. The number of fused-ring (bicyclic) bond motifs is 1. The second-order valence-corrected chi connectivity index (χ2v) is 5.97. The zero-order valence-electron chi connectivity index (χ0n) is 15.4. The molecule has 0 saturated carbocycles. The van der Waals surface area contributed by atoms with E-state index in [0.717, 1.165) is 18.6 Å². The Hall–Kier alpha value is -2.37. The van der Waals surface area contributed by atoms with E-state index in [2.05, 4.69) is 10.3 Å². The number of hydrogen-bond acceptors (Lipinski definition) is 4. The smallest absolute Gasteiger partial charge is 0.416 e. The quantitative estimate of drug-likeness (QED) is 0.265. The minimum Gasteiger partial charge on any atom is -0.492 e. The van der Waals surface area contributed by atoms with E-state index in [0.29, 0.717) is 36.1 Å². The molecule has 29 heavy (non-hydrogen) atoms. The second kappa shape index (κ2) is 10.4. The van der Waals surface area contributed by atoms with Gasteiger partial charge in [0.25, 0.3) is 0 Å². The Bertz CT molecular complexity index is 830. The molecule has 2 aromatic rings. The lowest BCUT2D eigenvalue weighted by atomic mass is 10.2. The third-order valence-corrected chi connectivity index (χ3v) is 3.84. The van der Waals surface area contributed by atoms with Gasteiger partial charge in [-0.05, 0) is 36.4 Å². The van der Waals surface area contributed by atoms with Gasteiger partial charge in [0, 0.05) is 18.2 Å². The lowest BCUT2D eigenvalue weighted by molar-refractivity contribution is -0.137. The van der Waals surface area contributed by atoms with E-state index >= 15 is 0 Å². The van der Waals surface area contributed by atoms with Gasteiger partial charge in [0.15, 0.2) is 17.5 Å². The summed E-state index contributed by atoms with van der Waals surface area (Å²) in [5.41, 5.74) is 5.83. The third-order valence-electron chi connectivity index (χ3n) is 3.84. The Kier molecular flexibility index (Phi) is 8.23. The van der Waals surface area contributed by atoms with Crippen LogP contribution in [-0.4, -0.2) is 32.3 Å². The molecule has 3 N–H and O–H groups in total. The molecule has 0 fully saturated rings. The maximum Gasteiger partial charge on any atom is 0.416 e. The molecular formula is C19H21F3IN3O3. The predicted octanol–water partition coefficient (Wildman–Crippen LogP) is 4.29. The lowest BCUT2D eigenvalue weighted by Crippen LogP contribution is -2.23. The van der Waals surface area contributed by atoms with E-state index < -0.39 is 11.7 Å². The number of alkyl halides is 3. The van der Waals surface area contributed by atoms with Gasteiger partial charge in [-0.2, -0.15) is 13.2 Å². The average Bonchev–Trinajstić information content (AvgIpc) is 2.90. The molecule has 0 saturated heterocycles. The van der Waals surface area contributed by atoms with Gasteiger partial charge in [-0.3, -0.25) is 0 Å². The largest absolute Gasteiger partial charge is 0.492 e. The van der Waals surface area contributed by atoms with Gasteiger partial charge in [0.05, 0.1) is 25.3 Å². The first-order valence-electron chi connectivity index (χ1n) is 8.68. The number of rotatable bonds is 5. The molecule has 6 nitrogen and oxygen atoms in total. The maximum absolute atomic E-state index is 12.5. The third kappa shape index (κ3) is 6.87. The first-order valence-corrected chi connectivity index (χ1v) is 8.68. The minimum atomic E-state index is -4.37. The summed E-state index contributed by atoms with van der Waals surface area (Å²) in [6.45, 7) is 1.61. The van der Waals surface area contributed by atoms with Gasteiger partial charge >= 0.3 is 6.18 Å². The van der Waals surface area contributed by atoms with Crippen LogP contribution >= 0.6 is 24.0 Å². The summed E-state index contributed by atoms with van der Waals surface area (Å²) in [6.07, 6.45) is -3.55. The molecule has 1 aliphatic rings. The molecule has 1 heterocycles. The van der Waals surface area contributed by atoms with Crippen molar-refractivity contribution in [3.05, 3.63) is 48.0 Å². The molecule has 158 valence electrons. The molecule has 3 rings (SSSR count). The van der Waals surface area contributed by atoms with Crippen molar-refractivity contribution in [2.24, 2.45) is 10.7 Å². The molecule has 0 spiro atoms. The summed E-state index contributed by atoms with van der Waals surface area (Å²) in [5, 5.41) is 2.95. The van der Waals surface area contributed by atoms with E-state index in [1.807, 2.05) is 0 Å². The zero-order valence-corrected chi connectivity index (χ0v) is 17.7. The van der Waals surface area contributed by atoms with E-state index in [-0.39, 0.29) is 43.1 Å². The molecule has 0 bridgehead atoms. The number of benzene rings is 2. The van der Waals surface area contributed by atoms with Crippen LogP contribution in [0.1, 0.15) is 12.0 Å². The highest BCUT2D eigenvalue weighted by molar-refractivity contribution is 14.0. The van der Waals surface area contributed by atoms with Crippen molar-refractivity contribution in [3.8, 4) is 17.2 Å². The Labute approximate surface area is 183 Å². The number of hydrogen-bond donors (Lipinski definition) is 2. The topological polar surface area (TPSA) is 78.1 Å². The summed E-state index contributed by atoms with van der Waals surface area (Å²) in [4.78, 5) is 4.13. The number of nitrogens with one attached hydrogen (secondary N) is 1. The highest BCUT2D eigenvalue weighted by atomic mass is 127. The fraction of sp³-hybridized carbons (Fsp3) is 0.316. The number of ether oxygens (including phenoxy) is 3. The van der Waals surface area contributed by atoms with Gasteiger partial charge in [0.1, 0.15) is 12.4 Å². The summed E-state index contributed by atoms with van der Waals surface area (Å²) >= 11 is 0. The van der Waals surface area contributed by atoms with E-state index in [4.69, 9.17) is 19.9 Å².